The standard InChI is InChI=1S/C8H10ClNO3S.C3H9N/c1-13-8-3-2-7(14(10,11)12)4-6(8)5-9;1-4(2)3/h2-4H,5H2,1H3,(H2,10,11,12);1-3H3. The lowest BCUT2D eigenvalue weighted by Crippen LogP contribution is -2.12. The van der Waals surface area contributed by atoms with Crippen LogP contribution in [0.2, 0.25) is 0 Å². The van der Waals surface area contributed by atoms with Crippen LogP contribution in [0.4, 0.5) is 0 Å². The molecule has 0 bridgehead atoms. The highest BCUT2D eigenvalue weighted by Crippen LogP contribution is 2.23. The molecule has 0 unspecified atom stereocenters. The van der Waals surface area contributed by atoms with Crippen molar-refractivity contribution in [1.82, 2.24) is 4.90 Å². The van der Waals surface area contributed by atoms with Crippen molar-refractivity contribution in [2.45, 2.75) is 10.8 Å². The minimum Gasteiger partial charge on any atom is -0.496 e. The van der Waals surface area contributed by atoms with E-state index < -0.39 is 10.0 Å². The highest BCUT2D eigenvalue weighted by molar-refractivity contribution is 7.89. The minimum atomic E-state index is -3.67. The molecule has 2 N–H and O–H groups in total. The van der Waals surface area contributed by atoms with Crippen LogP contribution in [0.25, 0.3) is 0 Å². The molecule has 0 spiro atoms. The van der Waals surface area contributed by atoms with Gasteiger partial charge in [0.1, 0.15) is 5.75 Å². The second-order valence-electron chi connectivity index (χ2n) is 3.99. The van der Waals surface area contributed by atoms with Crippen LogP contribution in [0.5, 0.6) is 5.75 Å². The van der Waals surface area contributed by atoms with Crippen molar-refractivity contribution in [2.24, 2.45) is 5.14 Å². The molecule has 0 aromatic heterocycles. The molecular formula is C11H19ClN2O3S. The predicted molar refractivity (Wildman–Crippen MR) is 73.5 cm³/mol. The summed E-state index contributed by atoms with van der Waals surface area (Å²) in [7, 11) is 3.81. The summed E-state index contributed by atoms with van der Waals surface area (Å²) in [5, 5.41) is 4.96. The molecule has 7 heteroatoms. The van der Waals surface area contributed by atoms with E-state index >= 15 is 0 Å². The molecule has 0 aliphatic heterocycles. The Balaban J connectivity index is 0.000000631. The van der Waals surface area contributed by atoms with Crippen LogP contribution in [0.1, 0.15) is 5.56 Å². The van der Waals surface area contributed by atoms with Gasteiger partial charge in [0.2, 0.25) is 10.0 Å². The van der Waals surface area contributed by atoms with Gasteiger partial charge in [-0.3, -0.25) is 0 Å². The third-order valence-corrected chi connectivity index (χ3v) is 2.92. The Morgan fingerprint density at radius 3 is 2.17 bits per heavy atom. The van der Waals surface area contributed by atoms with Gasteiger partial charge >= 0.3 is 0 Å². The maximum atomic E-state index is 11.0. The van der Waals surface area contributed by atoms with E-state index in [0.717, 1.165) is 0 Å². The summed E-state index contributed by atoms with van der Waals surface area (Å²) in [5.41, 5.74) is 0.598. The molecule has 0 radical (unpaired) electrons. The third-order valence-electron chi connectivity index (χ3n) is 1.72. The highest BCUT2D eigenvalue weighted by Gasteiger charge is 2.10. The van der Waals surface area contributed by atoms with Crippen molar-refractivity contribution < 1.29 is 13.2 Å². The summed E-state index contributed by atoms with van der Waals surface area (Å²) >= 11 is 5.62. The van der Waals surface area contributed by atoms with Crippen molar-refractivity contribution in [3.05, 3.63) is 23.8 Å². The number of halogens is 1. The molecule has 1 aromatic rings. The monoisotopic (exact) mass is 294 g/mol. The summed E-state index contributed by atoms with van der Waals surface area (Å²) in [5.74, 6) is 0.722. The van der Waals surface area contributed by atoms with E-state index in [1.165, 1.54) is 25.3 Å². The molecule has 104 valence electrons. The van der Waals surface area contributed by atoms with E-state index in [1.807, 2.05) is 26.0 Å². The van der Waals surface area contributed by atoms with Gasteiger partial charge in [-0.25, -0.2) is 13.6 Å². The molecule has 0 fully saturated rings. The van der Waals surface area contributed by atoms with Gasteiger partial charge in [0.15, 0.2) is 0 Å². The smallest absolute Gasteiger partial charge is 0.238 e. The number of ether oxygens (including phenoxy) is 1. The molecule has 1 aromatic carbocycles. The fourth-order valence-electron chi connectivity index (χ4n) is 1.04. The Hall–Kier alpha value is -0.820. The molecule has 0 aliphatic rings. The van der Waals surface area contributed by atoms with Gasteiger partial charge in [-0.05, 0) is 39.3 Å². The second-order valence-corrected chi connectivity index (χ2v) is 5.82. The summed E-state index contributed by atoms with van der Waals surface area (Å²) < 4.78 is 27.0. The van der Waals surface area contributed by atoms with Crippen LogP contribution < -0.4 is 9.88 Å². The number of primary sulfonamides is 1. The van der Waals surface area contributed by atoms with Gasteiger partial charge in [0.25, 0.3) is 0 Å². The molecule has 0 saturated heterocycles. The maximum absolute atomic E-state index is 11.0. The highest BCUT2D eigenvalue weighted by atomic mass is 35.5. The SMILES string of the molecule is CN(C)C.COc1ccc(S(N)(=O)=O)cc1CCl. The average molecular weight is 295 g/mol. The first-order valence-electron chi connectivity index (χ1n) is 5.09. The predicted octanol–water partition coefficient (Wildman–Crippen LogP) is 1.26. The van der Waals surface area contributed by atoms with E-state index in [0.29, 0.717) is 11.3 Å². The van der Waals surface area contributed by atoms with Gasteiger partial charge in [0, 0.05) is 5.56 Å². The maximum Gasteiger partial charge on any atom is 0.238 e. The summed E-state index contributed by atoms with van der Waals surface area (Å²) in [4.78, 5) is 2.04. The molecule has 0 saturated carbocycles. The normalized spacial score (nSPS) is 10.8. The number of alkyl halides is 1. The molecule has 18 heavy (non-hydrogen) atoms. The van der Waals surface area contributed by atoms with Gasteiger partial charge in [-0.2, -0.15) is 0 Å². The summed E-state index contributed by atoms with van der Waals surface area (Å²) in [6.45, 7) is 0. The molecular weight excluding hydrogens is 276 g/mol. The van der Waals surface area contributed by atoms with Crippen LogP contribution in [0.3, 0.4) is 0 Å². The van der Waals surface area contributed by atoms with Crippen LogP contribution in [0.15, 0.2) is 23.1 Å². The Bertz CT molecular complexity index is 472. The summed E-state index contributed by atoms with van der Waals surface area (Å²) in [6, 6.07) is 4.31. The number of hydrogen-bond acceptors (Lipinski definition) is 4. The molecule has 0 amide bonds. The number of nitrogens with two attached hydrogens (primary N) is 1. The van der Waals surface area contributed by atoms with Crippen molar-refractivity contribution in [3.8, 4) is 5.75 Å². The zero-order valence-corrected chi connectivity index (χ0v) is 12.5. The van der Waals surface area contributed by atoms with Gasteiger partial charge < -0.3 is 9.64 Å². The first-order chi connectivity index (χ1) is 8.22. The third kappa shape index (κ3) is 6.20. The second kappa shape index (κ2) is 7.58. The lowest BCUT2D eigenvalue weighted by atomic mass is 10.2. The first kappa shape index (κ1) is 17.2. The molecule has 1 rings (SSSR count). The number of nitrogens with zero attached hydrogens (tertiary/aromatic N) is 1. The van der Waals surface area contributed by atoms with Crippen molar-refractivity contribution in [1.29, 1.82) is 0 Å². The molecule has 0 atom stereocenters. The number of benzene rings is 1. The van der Waals surface area contributed by atoms with Crippen molar-refractivity contribution in [2.75, 3.05) is 28.3 Å². The Morgan fingerprint density at radius 2 is 1.83 bits per heavy atom. The number of hydrogen-bond donors (Lipinski definition) is 1. The van der Waals surface area contributed by atoms with E-state index in [2.05, 4.69) is 0 Å². The minimum absolute atomic E-state index is 0.0361. The Labute approximate surface area is 114 Å². The zero-order valence-electron chi connectivity index (χ0n) is 11.0. The lowest BCUT2D eigenvalue weighted by molar-refractivity contribution is 0.411. The van der Waals surface area contributed by atoms with E-state index in [4.69, 9.17) is 21.5 Å². The van der Waals surface area contributed by atoms with Crippen LogP contribution in [-0.2, 0) is 15.9 Å². The van der Waals surface area contributed by atoms with Gasteiger partial charge in [0.05, 0.1) is 17.9 Å². The fraction of sp³-hybridized carbons (Fsp3) is 0.455. The Morgan fingerprint density at radius 1 is 1.33 bits per heavy atom. The van der Waals surface area contributed by atoms with Gasteiger partial charge in [-0.15, -0.1) is 11.6 Å². The molecule has 0 aliphatic carbocycles. The molecule has 5 nitrogen and oxygen atoms in total. The zero-order chi connectivity index (χ0) is 14.3. The topological polar surface area (TPSA) is 72.6 Å². The number of sulfonamides is 1. The summed E-state index contributed by atoms with van der Waals surface area (Å²) in [6.07, 6.45) is 0. The van der Waals surface area contributed by atoms with Crippen LogP contribution in [-0.4, -0.2) is 41.6 Å². The largest absolute Gasteiger partial charge is 0.496 e. The number of rotatable bonds is 3. The van der Waals surface area contributed by atoms with Crippen LogP contribution >= 0.6 is 11.6 Å². The van der Waals surface area contributed by atoms with E-state index in [1.54, 1.807) is 0 Å². The van der Waals surface area contributed by atoms with E-state index in [-0.39, 0.29) is 10.8 Å². The Kier molecular flexibility index (Phi) is 7.23. The van der Waals surface area contributed by atoms with Crippen molar-refractivity contribution >= 4 is 21.6 Å². The quantitative estimate of drug-likeness (QED) is 0.852. The van der Waals surface area contributed by atoms with E-state index in [9.17, 15) is 8.42 Å². The van der Waals surface area contributed by atoms with Gasteiger partial charge in [-0.1, -0.05) is 0 Å². The average Bonchev–Trinajstić information content (AvgIpc) is 2.26. The molecule has 0 heterocycles. The van der Waals surface area contributed by atoms with Crippen molar-refractivity contribution in [3.63, 3.8) is 0 Å². The fourth-order valence-corrected chi connectivity index (χ4v) is 1.81. The van der Waals surface area contributed by atoms with Crippen LogP contribution in [0, 0.1) is 0 Å². The lowest BCUT2D eigenvalue weighted by Gasteiger charge is -2.06. The first-order valence-corrected chi connectivity index (χ1v) is 7.17. The number of methoxy groups -OCH3 is 1.